The van der Waals surface area contributed by atoms with E-state index in [1.807, 2.05) is 55.5 Å². The number of hydrogen-bond donors (Lipinski definition) is 1. The largest absolute Gasteiger partial charge is 0.493 e. The average Bonchev–Trinajstić information content (AvgIpc) is 2.50. The Bertz CT molecular complexity index is 573. The van der Waals surface area contributed by atoms with Gasteiger partial charge in [-0.2, -0.15) is 0 Å². The van der Waals surface area contributed by atoms with Gasteiger partial charge in [0.1, 0.15) is 5.75 Å². The van der Waals surface area contributed by atoms with Crippen molar-refractivity contribution >= 4 is 11.6 Å². The van der Waals surface area contributed by atoms with Gasteiger partial charge in [-0.15, -0.1) is 0 Å². The Kier molecular flexibility index (Phi) is 5.38. The molecule has 0 aliphatic rings. The molecule has 110 valence electrons. The molecule has 2 aromatic carbocycles. The minimum absolute atomic E-state index is 0.0358. The summed E-state index contributed by atoms with van der Waals surface area (Å²) in [5.74, 6) is 0.757. The Morgan fingerprint density at radius 3 is 2.33 bits per heavy atom. The summed E-state index contributed by atoms with van der Waals surface area (Å²) in [7, 11) is 0. The molecule has 0 bridgehead atoms. The molecule has 0 spiro atoms. The summed E-state index contributed by atoms with van der Waals surface area (Å²) in [6.45, 7) is 4.51. The lowest BCUT2D eigenvalue weighted by atomic mass is 10.1. The van der Waals surface area contributed by atoms with Crippen molar-refractivity contribution < 1.29 is 9.53 Å². The fourth-order valence-corrected chi connectivity index (χ4v) is 1.94. The van der Waals surface area contributed by atoms with Crippen molar-refractivity contribution in [3.05, 3.63) is 59.7 Å². The standard InChI is InChI=1S/C18H21NO2/c1-3-15-6-8-16(9-7-15)19-18(20)12-13-21-17-10-4-14(2)5-11-17/h4-11H,3,12-13H2,1-2H3,(H,19,20). The van der Waals surface area contributed by atoms with Crippen LogP contribution in [0.15, 0.2) is 48.5 Å². The molecular weight excluding hydrogens is 262 g/mol. The fraction of sp³-hybridized carbons (Fsp3) is 0.278. The van der Waals surface area contributed by atoms with Crippen LogP contribution in [-0.2, 0) is 11.2 Å². The third kappa shape index (κ3) is 4.95. The molecule has 0 heterocycles. The zero-order valence-electron chi connectivity index (χ0n) is 12.6. The Balaban J connectivity index is 1.75. The van der Waals surface area contributed by atoms with E-state index in [0.29, 0.717) is 13.0 Å². The number of ether oxygens (including phenoxy) is 1. The number of anilines is 1. The maximum Gasteiger partial charge on any atom is 0.227 e. The lowest BCUT2D eigenvalue weighted by molar-refractivity contribution is -0.116. The molecule has 3 heteroatoms. The number of hydrogen-bond acceptors (Lipinski definition) is 2. The van der Waals surface area contributed by atoms with Gasteiger partial charge >= 0.3 is 0 Å². The summed E-state index contributed by atoms with van der Waals surface area (Å²) >= 11 is 0. The van der Waals surface area contributed by atoms with Crippen LogP contribution in [0.5, 0.6) is 5.75 Å². The summed E-state index contributed by atoms with van der Waals surface area (Å²) < 4.78 is 5.55. The van der Waals surface area contributed by atoms with Gasteiger partial charge < -0.3 is 10.1 Å². The Labute approximate surface area is 126 Å². The number of amides is 1. The maximum atomic E-state index is 11.8. The van der Waals surface area contributed by atoms with Crippen LogP contribution >= 0.6 is 0 Å². The highest BCUT2D eigenvalue weighted by molar-refractivity contribution is 5.90. The van der Waals surface area contributed by atoms with E-state index >= 15 is 0 Å². The van der Waals surface area contributed by atoms with E-state index in [1.54, 1.807) is 0 Å². The molecule has 0 aliphatic carbocycles. The van der Waals surface area contributed by atoms with Crippen molar-refractivity contribution in [2.75, 3.05) is 11.9 Å². The van der Waals surface area contributed by atoms with E-state index in [1.165, 1.54) is 11.1 Å². The maximum absolute atomic E-state index is 11.8. The summed E-state index contributed by atoms with van der Waals surface area (Å²) in [5.41, 5.74) is 3.28. The molecule has 3 nitrogen and oxygen atoms in total. The molecule has 0 aliphatic heterocycles. The Morgan fingerprint density at radius 2 is 1.71 bits per heavy atom. The second-order valence-corrected chi connectivity index (χ2v) is 5.01. The summed E-state index contributed by atoms with van der Waals surface area (Å²) in [6, 6.07) is 15.7. The van der Waals surface area contributed by atoms with Crippen molar-refractivity contribution in [3.63, 3.8) is 0 Å². The van der Waals surface area contributed by atoms with E-state index in [0.717, 1.165) is 17.9 Å². The summed E-state index contributed by atoms with van der Waals surface area (Å²) in [6.07, 6.45) is 1.34. The number of carbonyl (C=O) groups is 1. The van der Waals surface area contributed by atoms with Crippen LogP contribution in [0.1, 0.15) is 24.5 Å². The highest BCUT2D eigenvalue weighted by Gasteiger charge is 2.03. The summed E-state index contributed by atoms with van der Waals surface area (Å²) in [4.78, 5) is 11.8. The zero-order chi connectivity index (χ0) is 15.1. The fourth-order valence-electron chi connectivity index (χ4n) is 1.94. The predicted molar refractivity (Wildman–Crippen MR) is 85.7 cm³/mol. The molecule has 21 heavy (non-hydrogen) atoms. The third-order valence-corrected chi connectivity index (χ3v) is 3.26. The van der Waals surface area contributed by atoms with Crippen molar-refractivity contribution in [1.29, 1.82) is 0 Å². The number of nitrogens with one attached hydrogen (secondary N) is 1. The first-order valence-electron chi connectivity index (χ1n) is 7.25. The van der Waals surface area contributed by atoms with Gasteiger partial charge in [-0.05, 0) is 43.2 Å². The van der Waals surface area contributed by atoms with Crippen molar-refractivity contribution in [3.8, 4) is 5.75 Å². The molecule has 1 N–H and O–H groups in total. The first kappa shape index (κ1) is 15.1. The van der Waals surface area contributed by atoms with Gasteiger partial charge in [0, 0.05) is 5.69 Å². The minimum atomic E-state index is -0.0358. The van der Waals surface area contributed by atoms with Crippen LogP contribution in [0.2, 0.25) is 0 Å². The molecule has 0 atom stereocenters. The molecule has 2 aromatic rings. The van der Waals surface area contributed by atoms with Crippen molar-refractivity contribution in [2.24, 2.45) is 0 Å². The SMILES string of the molecule is CCc1ccc(NC(=O)CCOc2ccc(C)cc2)cc1. The van der Waals surface area contributed by atoms with Gasteiger partial charge in [0.2, 0.25) is 5.91 Å². The normalized spacial score (nSPS) is 10.2. The van der Waals surface area contributed by atoms with Crippen LogP contribution in [0.4, 0.5) is 5.69 Å². The predicted octanol–water partition coefficient (Wildman–Crippen LogP) is 3.97. The highest BCUT2D eigenvalue weighted by atomic mass is 16.5. The van der Waals surface area contributed by atoms with Crippen molar-refractivity contribution in [1.82, 2.24) is 0 Å². The monoisotopic (exact) mass is 283 g/mol. The Hall–Kier alpha value is -2.29. The van der Waals surface area contributed by atoms with Gasteiger partial charge in [-0.3, -0.25) is 4.79 Å². The molecule has 0 saturated carbocycles. The number of benzene rings is 2. The lowest BCUT2D eigenvalue weighted by Gasteiger charge is -2.08. The van der Waals surface area contributed by atoms with Gasteiger partial charge in [0.15, 0.2) is 0 Å². The molecule has 1 amide bonds. The second kappa shape index (κ2) is 7.48. The molecular formula is C18H21NO2. The second-order valence-electron chi connectivity index (χ2n) is 5.01. The van der Waals surface area contributed by atoms with Gasteiger partial charge in [-0.1, -0.05) is 36.8 Å². The van der Waals surface area contributed by atoms with E-state index < -0.39 is 0 Å². The molecule has 0 aromatic heterocycles. The molecule has 2 rings (SSSR count). The number of rotatable bonds is 6. The van der Waals surface area contributed by atoms with Crippen molar-refractivity contribution in [2.45, 2.75) is 26.7 Å². The quantitative estimate of drug-likeness (QED) is 0.871. The molecule has 0 saturated heterocycles. The van der Waals surface area contributed by atoms with Crippen LogP contribution in [0, 0.1) is 6.92 Å². The highest BCUT2D eigenvalue weighted by Crippen LogP contribution is 2.12. The minimum Gasteiger partial charge on any atom is -0.493 e. The molecule has 0 unspecified atom stereocenters. The average molecular weight is 283 g/mol. The summed E-state index contributed by atoms with van der Waals surface area (Å²) in [5, 5.41) is 2.87. The Morgan fingerprint density at radius 1 is 1.05 bits per heavy atom. The van der Waals surface area contributed by atoms with Gasteiger partial charge in [0.25, 0.3) is 0 Å². The zero-order valence-corrected chi connectivity index (χ0v) is 12.6. The van der Waals surface area contributed by atoms with Crippen LogP contribution in [0.25, 0.3) is 0 Å². The lowest BCUT2D eigenvalue weighted by Crippen LogP contribution is -2.15. The molecule has 0 fully saturated rings. The smallest absolute Gasteiger partial charge is 0.227 e. The topological polar surface area (TPSA) is 38.3 Å². The van der Waals surface area contributed by atoms with Crippen LogP contribution in [0.3, 0.4) is 0 Å². The van der Waals surface area contributed by atoms with Gasteiger partial charge in [-0.25, -0.2) is 0 Å². The third-order valence-electron chi connectivity index (χ3n) is 3.26. The van der Waals surface area contributed by atoms with E-state index in [-0.39, 0.29) is 5.91 Å². The first-order chi connectivity index (χ1) is 10.2. The first-order valence-corrected chi connectivity index (χ1v) is 7.25. The number of carbonyl (C=O) groups excluding carboxylic acids is 1. The van der Waals surface area contributed by atoms with Crippen LogP contribution < -0.4 is 10.1 Å². The van der Waals surface area contributed by atoms with E-state index in [4.69, 9.17) is 4.74 Å². The van der Waals surface area contributed by atoms with Gasteiger partial charge in [0.05, 0.1) is 13.0 Å². The number of aryl methyl sites for hydroxylation is 2. The van der Waals surface area contributed by atoms with Crippen LogP contribution in [-0.4, -0.2) is 12.5 Å². The molecule has 0 radical (unpaired) electrons. The van der Waals surface area contributed by atoms with E-state index in [9.17, 15) is 4.79 Å². The van der Waals surface area contributed by atoms with E-state index in [2.05, 4.69) is 12.2 Å².